The monoisotopic (exact) mass is 185 g/mol. The third-order valence-corrected chi connectivity index (χ3v) is 1.89. The van der Waals surface area contributed by atoms with Crippen molar-refractivity contribution in [1.29, 1.82) is 0 Å². The van der Waals surface area contributed by atoms with E-state index in [2.05, 4.69) is 16.7 Å². The predicted molar refractivity (Wildman–Crippen MR) is 53.4 cm³/mol. The summed E-state index contributed by atoms with van der Waals surface area (Å²) in [6.07, 6.45) is 0. The van der Waals surface area contributed by atoms with Crippen LogP contribution in [0.1, 0.15) is 5.56 Å². The lowest BCUT2D eigenvalue weighted by Crippen LogP contribution is -2.27. The van der Waals surface area contributed by atoms with Crippen LogP contribution in [0.5, 0.6) is 0 Å². The Kier molecular flexibility index (Phi) is 2.78. The zero-order chi connectivity index (χ0) is 7.68. The Bertz CT molecular complexity index is 275. The molecular formula is C8H12ClN3. The second kappa shape index (κ2) is 3.65. The van der Waals surface area contributed by atoms with Gasteiger partial charge in [0.1, 0.15) is 0 Å². The van der Waals surface area contributed by atoms with Crippen molar-refractivity contribution >= 4 is 23.8 Å². The fourth-order valence-corrected chi connectivity index (χ4v) is 1.33. The van der Waals surface area contributed by atoms with E-state index in [9.17, 15) is 0 Å². The number of halogens is 1. The number of rotatable bonds is 0. The highest BCUT2D eigenvalue weighted by molar-refractivity contribution is 5.85. The molecular weight excluding hydrogens is 174 g/mol. The van der Waals surface area contributed by atoms with E-state index >= 15 is 0 Å². The molecule has 1 aromatic rings. The van der Waals surface area contributed by atoms with Crippen molar-refractivity contribution in [2.45, 2.75) is 6.54 Å². The van der Waals surface area contributed by atoms with Crippen LogP contribution in [0.4, 0.5) is 11.4 Å². The molecule has 4 N–H and O–H groups in total. The number of nitrogen functional groups attached to an aromatic ring is 1. The number of fused-ring (bicyclic) bond motifs is 1. The Morgan fingerprint density at radius 1 is 1.33 bits per heavy atom. The maximum atomic E-state index is 5.75. The maximum absolute atomic E-state index is 5.75. The summed E-state index contributed by atoms with van der Waals surface area (Å²) < 4.78 is 0. The van der Waals surface area contributed by atoms with Gasteiger partial charge in [-0.25, -0.2) is 0 Å². The Balaban J connectivity index is 0.000000720. The predicted octanol–water partition coefficient (Wildman–Crippen LogP) is 1.16. The molecule has 1 heterocycles. The number of hydrogen-bond donors (Lipinski definition) is 3. The summed E-state index contributed by atoms with van der Waals surface area (Å²) in [5.41, 5.74) is 8.92. The average molecular weight is 186 g/mol. The van der Waals surface area contributed by atoms with Gasteiger partial charge in [-0.1, -0.05) is 12.1 Å². The van der Waals surface area contributed by atoms with Crippen LogP contribution < -0.4 is 16.4 Å². The van der Waals surface area contributed by atoms with E-state index in [0.29, 0.717) is 0 Å². The van der Waals surface area contributed by atoms with Crippen LogP contribution in [-0.4, -0.2) is 6.67 Å². The second-order valence-electron chi connectivity index (χ2n) is 2.66. The Labute approximate surface area is 77.7 Å². The van der Waals surface area contributed by atoms with Crippen LogP contribution in [-0.2, 0) is 6.54 Å². The van der Waals surface area contributed by atoms with Gasteiger partial charge in [-0.3, -0.25) is 5.32 Å². The standard InChI is InChI=1S/C8H11N3.ClH/c9-7-3-1-2-6-4-10-5-11-8(6)7;/h1-3,10-11H,4-5,9H2;1H. The molecule has 0 spiro atoms. The number of nitrogens with two attached hydrogens (primary N) is 1. The average Bonchev–Trinajstić information content (AvgIpc) is 2.06. The van der Waals surface area contributed by atoms with Gasteiger partial charge in [0.25, 0.3) is 0 Å². The topological polar surface area (TPSA) is 50.1 Å². The molecule has 66 valence electrons. The molecule has 0 fully saturated rings. The number of benzene rings is 1. The molecule has 0 atom stereocenters. The third kappa shape index (κ3) is 1.47. The van der Waals surface area contributed by atoms with Crippen LogP contribution in [0.15, 0.2) is 18.2 Å². The molecule has 0 aromatic heterocycles. The zero-order valence-corrected chi connectivity index (χ0v) is 7.45. The minimum Gasteiger partial charge on any atom is -0.397 e. The Morgan fingerprint density at radius 2 is 2.17 bits per heavy atom. The van der Waals surface area contributed by atoms with Crippen molar-refractivity contribution < 1.29 is 0 Å². The molecule has 0 bridgehead atoms. The fraction of sp³-hybridized carbons (Fsp3) is 0.250. The van der Waals surface area contributed by atoms with Gasteiger partial charge in [0, 0.05) is 6.54 Å². The molecule has 12 heavy (non-hydrogen) atoms. The van der Waals surface area contributed by atoms with Gasteiger partial charge < -0.3 is 11.1 Å². The first-order chi connectivity index (χ1) is 5.38. The molecule has 4 heteroatoms. The summed E-state index contributed by atoms with van der Waals surface area (Å²) in [6, 6.07) is 5.96. The normalized spacial score (nSPS) is 14.0. The van der Waals surface area contributed by atoms with Crippen molar-refractivity contribution in [3.05, 3.63) is 23.8 Å². The van der Waals surface area contributed by atoms with Gasteiger partial charge in [-0.15, -0.1) is 12.4 Å². The number of anilines is 2. The Hall–Kier alpha value is -0.930. The molecule has 3 nitrogen and oxygen atoms in total. The van der Waals surface area contributed by atoms with E-state index in [1.54, 1.807) is 0 Å². The molecule has 0 amide bonds. The summed E-state index contributed by atoms with van der Waals surface area (Å²) in [5, 5.41) is 6.40. The van der Waals surface area contributed by atoms with Crippen LogP contribution in [0.25, 0.3) is 0 Å². The maximum Gasteiger partial charge on any atom is 0.0656 e. The van der Waals surface area contributed by atoms with Crippen LogP contribution in [0.3, 0.4) is 0 Å². The van der Waals surface area contributed by atoms with Crippen LogP contribution in [0.2, 0.25) is 0 Å². The molecule has 1 aliphatic heterocycles. The first kappa shape index (κ1) is 9.16. The number of para-hydroxylation sites is 1. The molecule has 1 aliphatic rings. The van der Waals surface area contributed by atoms with Crippen molar-refractivity contribution in [1.82, 2.24) is 5.32 Å². The molecule has 0 saturated carbocycles. The lowest BCUT2D eigenvalue weighted by molar-refractivity contribution is 0.710. The first-order valence-electron chi connectivity index (χ1n) is 3.70. The summed E-state index contributed by atoms with van der Waals surface area (Å²) in [4.78, 5) is 0. The minimum absolute atomic E-state index is 0. The highest BCUT2D eigenvalue weighted by Gasteiger charge is 2.08. The van der Waals surface area contributed by atoms with Crippen molar-refractivity contribution in [3.63, 3.8) is 0 Å². The van der Waals surface area contributed by atoms with E-state index in [1.807, 2.05) is 12.1 Å². The van der Waals surface area contributed by atoms with Gasteiger partial charge in [0.2, 0.25) is 0 Å². The minimum atomic E-state index is 0. The van der Waals surface area contributed by atoms with Crippen molar-refractivity contribution in [2.24, 2.45) is 0 Å². The van der Waals surface area contributed by atoms with E-state index in [0.717, 1.165) is 24.6 Å². The third-order valence-electron chi connectivity index (χ3n) is 1.89. The summed E-state index contributed by atoms with van der Waals surface area (Å²) in [7, 11) is 0. The molecule has 0 aliphatic carbocycles. The fourth-order valence-electron chi connectivity index (χ4n) is 1.33. The number of hydrogen-bond acceptors (Lipinski definition) is 3. The zero-order valence-electron chi connectivity index (χ0n) is 6.63. The molecule has 1 aromatic carbocycles. The van der Waals surface area contributed by atoms with Gasteiger partial charge in [0.15, 0.2) is 0 Å². The van der Waals surface area contributed by atoms with Gasteiger partial charge in [0.05, 0.1) is 18.0 Å². The highest BCUT2D eigenvalue weighted by Crippen LogP contribution is 2.24. The molecule has 0 unspecified atom stereocenters. The second-order valence-corrected chi connectivity index (χ2v) is 2.66. The molecule has 0 saturated heterocycles. The van der Waals surface area contributed by atoms with Crippen LogP contribution in [0, 0.1) is 0 Å². The van der Waals surface area contributed by atoms with Crippen LogP contribution >= 0.6 is 12.4 Å². The molecule has 2 rings (SSSR count). The van der Waals surface area contributed by atoms with Gasteiger partial charge in [-0.2, -0.15) is 0 Å². The molecule has 0 radical (unpaired) electrons. The van der Waals surface area contributed by atoms with E-state index in [-0.39, 0.29) is 12.4 Å². The highest BCUT2D eigenvalue weighted by atomic mass is 35.5. The quantitative estimate of drug-likeness (QED) is 0.532. The SMILES string of the molecule is Cl.Nc1cccc2c1NCNC2. The number of nitrogens with one attached hydrogen (secondary N) is 2. The lowest BCUT2D eigenvalue weighted by Gasteiger charge is -2.20. The summed E-state index contributed by atoms with van der Waals surface area (Å²) in [6.45, 7) is 1.72. The first-order valence-corrected chi connectivity index (χ1v) is 3.70. The van der Waals surface area contributed by atoms with E-state index in [1.165, 1.54) is 5.56 Å². The van der Waals surface area contributed by atoms with Gasteiger partial charge >= 0.3 is 0 Å². The van der Waals surface area contributed by atoms with Gasteiger partial charge in [-0.05, 0) is 11.6 Å². The smallest absolute Gasteiger partial charge is 0.0656 e. The van der Waals surface area contributed by atoms with E-state index in [4.69, 9.17) is 5.73 Å². The van der Waals surface area contributed by atoms with Crippen molar-refractivity contribution in [2.75, 3.05) is 17.7 Å². The van der Waals surface area contributed by atoms with E-state index < -0.39 is 0 Å². The Morgan fingerprint density at radius 3 is 2.92 bits per heavy atom. The largest absolute Gasteiger partial charge is 0.397 e. The summed E-state index contributed by atoms with van der Waals surface area (Å²) >= 11 is 0. The summed E-state index contributed by atoms with van der Waals surface area (Å²) in [5.74, 6) is 0. The van der Waals surface area contributed by atoms with Crippen molar-refractivity contribution in [3.8, 4) is 0 Å². The lowest BCUT2D eigenvalue weighted by atomic mass is 10.1.